The molecule has 2 fully saturated rings. The Morgan fingerprint density at radius 2 is 2.37 bits per heavy atom. The number of rotatable bonds is 3. The number of halogens is 1. The molecule has 2 amide bonds. The maximum atomic E-state index is 11.7. The van der Waals surface area contributed by atoms with E-state index in [1.54, 1.807) is 11.3 Å². The minimum Gasteiger partial charge on any atom is -0.336 e. The summed E-state index contributed by atoms with van der Waals surface area (Å²) in [5.74, 6) is 0. The predicted molar refractivity (Wildman–Crippen MR) is 80.4 cm³/mol. The van der Waals surface area contributed by atoms with Crippen molar-refractivity contribution < 1.29 is 4.79 Å². The molecule has 0 saturated carbocycles. The Kier molecular flexibility index (Phi) is 4.10. The predicted octanol–water partition coefficient (Wildman–Crippen LogP) is 2.50. The van der Waals surface area contributed by atoms with Gasteiger partial charge in [-0.05, 0) is 52.3 Å². The smallest absolute Gasteiger partial charge is 0.317 e. The normalized spacial score (nSPS) is 24.8. The van der Waals surface area contributed by atoms with Gasteiger partial charge < -0.3 is 10.2 Å². The quantitative estimate of drug-likeness (QED) is 0.915. The van der Waals surface area contributed by atoms with Gasteiger partial charge in [0.05, 0.1) is 3.79 Å². The van der Waals surface area contributed by atoms with Crippen LogP contribution in [0.4, 0.5) is 4.79 Å². The van der Waals surface area contributed by atoms with E-state index in [1.165, 1.54) is 15.8 Å². The topological polar surface area (TPSA) is 35.6 Å². The highest BCUT2D eigenvalue weighted by atomic mass is 79.9. The Labute approximate surface area is 125 Å². The lowest BCUT2D eigenvalue weighted by molar-refractivity contribution is 0.122. The zero-order chi connectivity index (χ0) is 13.2. The van der Waals surface area contributed by atoms with E-state index in [9.17, 15) is 4.79 Å². The number of hydrogen-bond donors (Lipinski definition) is 1. The molecule has 2 aliphatic rings. The van der Waals surface area contributed by atoms with Gasteiger partial charge in [-0.2, -0.15) is 0 Å². The van der Waals surface area contributed by atoms with E-state index >= 15 is 0 Å². The fourth-order valence-corrected chi connectivity index (χ4v) is 4.15. The fourth-order valence-electron chi connectivity index (χ4n) is 2.95. The zero-order valence-corrected chi connectivity index (χ0v) is 13.2. The Bertz CT molecular complexity index is 464. The van der Waals surface area contributed by atoms with Crippen LogP contribution < -0.4 is 5.32 Å². The van der Waals surface area contributed by atoms with Gasteiger partial charge in [-0.3, -0.25) is 4.90 Å². The number of nitrogens with zero attached hydrogens (tertiary/aromatic N) is 2. The van der Waals surface area contributed by atoms with Crippen LogP contribution in [0, 0.1) is 0 Å². The number of urea groups is 1. The van der Waals surface area contributed by atoms with E-state index in [0.29, 0.717) is 6.04 Å². The second-order valence-corrected chi connectivity index (χ2v) is 7.51. The summed E-state index contributed by atoms with van der Waals surface area (Å²) in [7, 11) is 0. The second kappa shape index (κ2) is 5.81. The van der Waals surface area contributed by atoms with Crippen LogP contribution in [0.15, 0.2) is 15.2 Å². The molecule has 0 unspecified atom stereocenters. The van der Waals surface area contributed by atoms with Crippen LogP contribution >= 0.6 is 27.3 Å². The monoisotopic (exact) mass is 343 g/mol. The SMILES string of the molecule is O=C1NCCN1[C@H]1CCCN(Cc2csc(Br)c2)C1. The Morgan fingerprint density at radius 3 is 3.05 bits per heavy atom. The largest absolute Gasteiger partial charge is 0.336 e. The molecule has 1 aromatic rings. The van der Waals surface area contributed by atoms with Crippen LogP contribution in [0.5, 0.6) is 0 Å². The third-order valence-corrected chi connectivity index (χ3v) is 5.39. The first-order chi connectivity index (χ1) is 9.22. The summed E-state index contributed by atoms with van der Waals surface area (Å²) in [6.45, 7) is 4.79. The van der Waals surface area contributed by atoms with Gasteiger partial charge in [0, 0.05) is 32.2 Å². The highest BCUT2D eigenvalue weighted by molar-refractivity contribution is 9.11. The lowest BCUT2D eigenvalue weighted by Crippen LogP contribution is -2.48. The van der Waals surface area contributed by atoms with Gasteiger partial charge in [-0.25, -0.2) is 4.79 Å². The number of likely N-dealkylation sites (tertiary alicyclic amines) is 1. The first-order valence-electron chi connectivity index (χ1n) is 6.72. The molecule has 1 aromatic heterocycles. The first-order valence-corrected chi connectivity index (χ1v) is 8.39. The summed E-state index contributed by atoms with van der Waals surface area (Å²) in [5.41, 5.74) is 1.36. The summed E-state index contributed by atoms with van der Waals surface area (Å²) in [6.07, 6.45) is 2.32. The van der Waals surface area contributed by atoms with Crippen molar-refractivity contribution in [2.75, 3.05) is 26.2 Å². The van der Waals surface area contributed by atoms with Crippen molar-refractivity contribution >= 4 is 33.3 Å². The summed E-state index contributed by atoms with van der Waals surface area (Å²) in [5, 5.41) is 5.10. The van der Waals surface area contributed by atoms with E-state index < -0.39 is 0 Å². The highest BCUT2D eigenvalue weighted by Gasteiger charge is 2.31. The number of carbonyl (C=O) groups excluding carboxylic acids is 1. The highest BCUT2D eigenvalue weighted by Crippen LogP contribution is 2.24. The first kappa shape index (κ1) is 13.4. The number of piperidine rings is 1. The number of hydrogen-bond acceptors (Lipinski definition) is 3. The Balaban J connectivity index is 1.60. The molecule has 2 saturated heterocycles. The van der Waals surface area contributed by atoms with Crippen molar-refractivity contribution in [1.82, 2.24) is 15.1 Å². The minimum absolute atomic E-state index is 0.116. The van der Waals surface area contributed by atoms with Crippen molar-refractivity contribution in [3.63, 3.8) is 0 Å². The van der Waals surface area contributed by atoms with E-state index in [2.05, 4.69) is 37.6 Å². The molecule has 4 nitrogen and oxygen atoms in total. The van der Waals surface area contributed by atoms with Crippen LogP contribution in [0.1, 0.15) is 18.4 Å². The lowest BCUT2D eigenvalue weighted by Gasteiger charge is -2.36. The third-order valence-electron chi connectivity index (χ3n) is 3.84. The summed E-state index contributed by atoms with van der Waals surface area (Å²) < 4.78 is 1.19. The molecule has 0 spiro atoms. The van der Waals surface area contributed by atoms with Crippen molar-refractivity contribution in [3.05, 3.63) is 20.8 Å². The lowest BCUT2D eigenvalue weighted by atomic mass is 10.0. The molecule has 1 atom stereocenters. The second-order valence-electron chi connectivity index (χ2n) is 5.22. The number of thiophene rings is 1. The Morgan fingerprint density at radius 1 is 1.47 bits per heavy atom. The van der Waals surface area contributed by atoms with Gasteiger partial charge in [0.2, 0.25) is 0 Å². The van der Waals surface area contributed by atoms with Gasteiger partial charge in [0.25, 0.3) is 0 Å². The van der Waals surface area contributed by atoms with E-state index in [4.69, 9.17) is 0 Å². The molecular weight excluding hydrogens is 326 g/mol. The van der Waals surface area contributed by atoms with Crippen LogP contribution in [0.2, 0.25) is 0 Å². The van der Waals surface area contributed by atoms with Gasteiger partial charge in [0.15, 0.2) is 0 Å². The van der Waals surface area contributed by atoms with Crippen LogP contribution in [-0.2, 0) is 6.54 Å². The molecule has 0 radical (unpaired) electrons. The van der Waals surface area contributed by atoms with Gasteiger partial charge in [0.1, 0.15) is 0 Å². The van der Waals surface area contributed by atoms with Gasteiger partial charge in [-0.1, -0.05) is 0 Å². The van der Waals surface area contributed by atoms with Crippen molar-refractivity contribution in [1.29, 1.82) is 0 Å². The average Bonchev–Trinajstić information content (AvgIpc) is 2.99. The molecule has 3 heterocycles. The summed E-state index contributed by atoms with van der Waals surface area (Å²) in [4.78, 5) is 16.2. The van der Waals surface area contributed by atoms with Crippen LogP contribution in [0.25, 0.3) is 0 Å². The number of nitrogens with one attached hydrogen (secondary N) is 1. The summed E-state index contributed by atoms with van der Waals surface area (Å²) in [6, 6.07) is 2.69. The van der Waals surface area contributed by atoms with E-state index in [-0.39, 0.29) is 6.03 Å². The maximum absolute atomic E-state index is 11.7. The van der Waals surface area contributed by atoms with Crippen molar-refractivity contribution in [2.24, 2.45) is 0 Å². The number of amides is 2. The molecular formula is C13H18BrN3OS. The average molecular weight is 344 g/mol. The molecule has 6 heteroatoms. The van der Waals surface area contributed by atoms with E-state index in [0.717, 1.165) is 39.1 Å². The van der Waals surface area contributed by atoms with Crippen molar-refractivity contribution in [2.45, 2.75) is 25.4 Å². The minimum atomic E-state index is 0.116. The Hall–Kier alpha value is -0.590. The van der Waals surface area contributed by atoms with Crippen LogP contribution in [-0.4, -0.2) is 48.1 Å². The van der Waals surface area contributed by atoms with E-state index in [1.807, 2.05) is 4.90 Å². The third kappa shape index (κ3) is 3.12. The molecule has 2 aliphatic heterocycles. The fraction of sp³-hybridized carbons (Fsp3) is 0.615. The molecule has 1 N–H and O–H groups in total. The molecule has 0 bridgehead atoms. The molecule has 3 rings (SSSR count). The number of carbonyl (C=O) groups is 1. The maximum Gasteiger partial charge on any atom is 0.317 e. The molecule has 0 aromatic carbocycles. The molecule has 19 heavy (non-hydrogen) atoms. The zero-order valence-electron chi connectivity index (χ0n) is 10.8. The summed E-state index contributed by atoms with van der Waals surface area (Å²) >= 11 is 5.24. The molecule has 104 valence electrons. The standard InChI is InChI=1S/C13H18BrN3OS/c14-12-6-10(9-19-12)7-16-4-1-2-11(8-16)17-5-3-15-13(17)18/h6,9,11H,1-5,7-8H2,(H,15,18)/t11-/m0/s1. The van der Waals surface area contributed by atoms with Gasteiger partial charge in [-0.15, -0.1) is 11.3 Å². The van der Waals surface area contributed by atoms with Crippen LogP contribution in [0.3, 0.4) is 0 Å². The van der Waals surface area contributed by atoms with Gasteiger partial charge >= 0.3 is 6.03 Å². The molecule has 0 aliphatic carbocycles. The van der Waals surface area contributed by atoms with Crippen molar-refractivity contribution in [3.8, 4) is 0 Å².